The molecule has 2 aromatic heterocycles. The molecule has 1 atom stereocenters. The SMILES string of the molecule is CCOc1ccc2nc(-n3nc(C)c4c3NC(=O)C[C@@H]4c3cc(F)ccc3F)sc2c1. The first kappa shape index (κ1) is 19.6. The molecule has 158 valence electrons. The van der Waals surface area contributed by atoms with E-state index in [9.17, 15) is 13.6 Å². The number of aromatic nitrogens is 3. The zero-order chi connectivity index (χ0) is 21.7. The molecule has 0 saturated carbocycles. The van der Waals surface area contributed by atoms with Crippen LogP contribution in [0.3, 0.4) is 0 Å². The summed E-state index contributed by atoms with van der Waals surface area (Å²) in [6.45, 7) is 4.27. The van der Waals surface area contributed by atoms with Crippen molar-refractivity contribution in [3.63, 3.8) is 0 Å². The van der Waals surface area contributed by atoms with Crippen molar-refractivity contribution in [2.45, 2.75) is 26.2 Å². The van der Waals surface area contributed by atoms with Crippen LogP contribution in [0.2, 0.25) is 0 Å². The van der Waals surface area contributed by atoms with Gasteiger partial charge >= 0.3 is 0 Å². The van der Waals surface area contributed by atoms with E-state index in [1.54, 1.807) is 11.6 Å². The highest BCUT2D eigenvalue weighted by Crippen LogP contribution is 2.42. The molecule has 0 fully saturated rings. The number of hydrogen-bond acceptors (Lipinski definition) is 5. The molecule has 0 saturated heterocycles. The van der Waals surface area contributed by atoms with Crippen LogP contribution < -0.4 is 10.1 Å². The number of rotatable bonds is 4. The molecule has 1 aliphatic rings. The van der Waals surface area contributed by atoms with Crippen LogP contribution >= 0.6 is 11.3 Å². The molecule has 0 aliphatic carbocycles. The second-order valence-corrected chi connectivity index (χ2v) is 8.30. The Morgan fingerprint density at radius 3 is 2.90 bits per heavy atom. The van der Waals surface area contributed by atoms with E-state index in [1.165, 1.54) is 11.3 Å². The summed E-state index contributed by atoms with van der Waals surface area (Å²) in [5, 5.41) is 7.99. The molecule has 6 nitrogen and oxygen atoms in total. The molecular weight excluding hydrogens is 422 g/mol. The summed E-state index contributed by atoms with van der Waals surface area (Å²) in [7, 11) is 0. The Hall–Kier alpha value is -3.33. The van der Waals surface area contributed by atoms with E-state index < -0.39 is 17.6 Å². The van der Waals surface area contributed by atoms with Gasteiger partial charge in [-0.3, -0.25) is 4.79 Å². The van der Waals surface area contributed by atoms with Gasteiger partial charge in [-0.1, -0.05) is 11.3 Å². The lowest BCUT2D eigenvalue weighted by molar-refractivity contribution is -0.116. The van der Waals surface area contributed by atoms with Gasteiger partial charge in [0, 0.05) is 17.9 Å². The normalized spacial score (nSPS) is 15.7. The first-order valence-electron chi connectivity index (χ1n) is 9.82. The van der Waals surface area contributed by atoms with Gasteiger partial charge in [-0.25, -0.2) is 13.8 Å². The smallest absolute Gasteiger partial charge is 0.226 e. The van der Waals surface area contributed by atoms with Crippen LogP contribution in [0.5, 0.6) is 5.75 Å². The number of nitrogens with zero attached hydrogens (tertiary/aromatic N) is 3. The summed E-state index contributed by atoms with van der Waals surface area (Å²) in [4.78, 5) is 17.1. The zero-order valence-electron chi connectivity index (χ0n) is 16.8. The highest BCUT2D eigenvalue weighted by atomic mass is 32.1. The summed E-state index contributed by atoms with van der Waals surface area (Å²) in [5.41, 5.74) is 2.21. The third-order valence-electron chi connectivity index (χ3n) is 5.28. The van der Waals surface area contributed by atoms with Gasteiger partial charge in [-0.2, -0.15) is 9.78 Å². The van der Waals surface area contributed by atoms with Gasteiger partial charge < -0.3 is 10.1 Å². The standard InChI is InChI=1S/C22H18F2N4O2S/c1-3-30-13-5-7-17-18(9-13)31-22(25-17)28-21-20(11(2)27-28)15(10-19(29)26-21)14-8-12(23)4-6-16(14)24/h4-9,15H,3,10H2,1-2H3,(H,26,29)/t15-/m1/s1. The number of hydrogen-bond donors (Lipinski definition) is 1. The van der Waals surface area contributed by atoms with Gasteiger partial charge in [0.2, 0.25) is 11.0 Å². The topological polar surface area (TPSA) is 69.0 Å². The van der Waals surface area contributed by atoms with Crippen LogP contribution in [-0.4, -0.2) is 27.3 Å². The van der Waals surface area contributed by atoms with Crippen LogP contribution in [0, 0.1) is 18.6 Å². The lowest BCUT2D eigenvalue weighted by atomic mass is 9.85. The molecule has 9 heteroatoms. The highest BCUT2D eigenvalue weighted by Gasteiger charge is 2.34. The Kier molecular flexibility index (Phi) is 4.70. The van der Waals surface area contributed by atoms with E-state index in [-0.39, 0.29) is 17.9 Å². The number of fused-ring (bicyclic) bond motifs is 2. The second-order valence-electron chi connectivity index (χ2n) is 7.29. The highest BCUT2D eigenvalue weighted by molar-refractivity contribution is 7.20. The zero-order valence-corrected chi connectivity index (χ0v) is 17.6. The fraction of sp³-hybridized carbons (Fsp3) is 0.227. The molecular formula is C22H18F2N4O2S. The van der Waals surface area contributed by atoms with Gasteiger partial charge in [0.1, 0.15) is 23.2 Å². The maximum atomic E-state index is 14.5. The average Bonchev–Trinajstić information content (AvgIpc) is 3.30. The molecule has 31 heavy (non-hydrogen) atoms. The lowest BCUT2D eigenvalue weighted by Crippen LogP contribution is -2.25. The Bertz CT molecular complexity index is 1330. The van der Waals surface area contributed by atoms with Crippen molar-refractivity contribution in [2.75, 3.05) is 11.9 Å². The largest absolute Gasteiger partial charge is 0.494 e. The summed E-state index contributed by atoms with van der Waals surface area (Å²) in [6, 6.07) is 8.92. The van der Waals surface area contributed by atoms with E-state index in [0.717, 1.165) is 34.2 Å². The number of nitrogens with one attached hydrogen (secondary N) is 1. The Morgan fingerprint density at radius 2 is 2.10 bits per heavy atom. The van der Waals surface area contributed by atoms with Crippen LogP contribution in [-0.2, 0) is 4.79 Å². The predicted molar refractivity (Wildman–Crippen MR) is 114 cm³/mol. The number of anilines is 1. The number of thiazole rings is 1. The van der Waals surface area contributed by atoms with E-state index in [1.807, 2.05) is 25.1 Å². The summed E-state index contributed by atoms with van der Waals surface area (Å²) in [5.74, 6) is -0.840. The van der Waals surface area contributed by atoms with Crippen molar-refractivity contribution in [3.8, 4) is 10.9 Å². The molecule has 2 aromatic carbocycles. The lowest BCUT2D eigenvalue weighted by Gasteiger charge is -2.24. The van der Waals surface area contributed by atoms with Crippen molar-refractivity contribution in [3.05, 3.63) is 64.9 Å². The maximum Gasteiger partial charge on any atom is 0.226 e. The molecule has 0 spiro atoms. The van der Waals surface area contributed by atoms with Crippen molar-refractivity contribution in [1.82, 2.24) is 14.8 Å². The van der Waals surface area contributed by atoms with Gasteiger partial charge in [-0.05, 0) is 55.8 Å². The number of carbonyl (C=O) groups excluding carboxylic acids is 1. The Balaban J connectivity index is 1.64. The molecule has 1 amide bonds. The molecule has 4 aromatic rings. The number of carbonyl (C=O) groups is 1. The minimum atomic E-state index is -0.632. The molecule has 5 rings (SSSR count). The summed E-state index contributed by atoms with van der Waals surface area (Å²) in [6.07, 6.45) is 0.0114. The predicted octanol–water partition coefficient (Wildman–Crippen LogP) is 4.94. The van der Waals surface area contributed by atoms with Gasteiger partial charge in [0.05, 0.1) is 22.5 Å². The molecule has 0 bridgehead atoms. The molecule has 1 N–H and O–H groups in total. The van der Waals surface area contributed by atoms with Gasteiger partial charge in [-0.15, -0.1) is 0 Å². The van der Waals surface area contributed by atoms with E-state index in [4.69, 9.17) is 4.74 Å². The van der Waals surface area contributed by atoms with Crippen LogP contribution in [0.4, 0.5) is 14.6 Å². The minimum Gasteiger partial charge on any atom is -0.494 e. The van der Waals surface area contributed by atoms with Crippen LogP contribution in [0.1, 0.15) is 36.1 Å². The first-order valence-corrected chi connectivity index (χ1v) is 10.6. The fourth-order valence-electron chi connectivity index (χ4n) is 3.97. The number of aryl methyl sites for hydroxylation is 1. The van der Waals surface area contributed by atoms with E-state index >= 15 is 0 Å². The summed E-state index contributed by atoms with van der Waals surface area (Å²) >= 11 is 1.40. The first-order chi connectivity index (χ1) is 14.9. The average molecular weight is 440 g/mol. The van der Waals surface area contributed by atoms with Crippen molar-refractivity contribution in [2.24, 2.45) is 0 Å². The van der Waals surface area contributed by atoms with Gasteiger partial charge in [0.15, 0.2) is 0 Å². The summed E-state index contributed by atoms with van der Waals surface area (Å²) < 4.78 is 36.4. The number of amides is 1. The molecule has 0 unspecified atom stereocenters. The van der Waals surface area contributed by atoms with Gasteiger partial charge in [0.25, 0.3) is 0 Å². The molecule has 0 radical (unpaired) electrons. The van der Waals surface area contributed by atoms with Crippen molar-refractivity contribution >= 4 is 33.3 Å². The fourth-order valence-corrected chi connectivity index (χ4v) is 4.93. The Morgan fingerprint density at radius 1 is 1.26 bits per heavy atom. The third-order valence-corrected chi connectivity index (χ3v) is 6.27. The minimum absolute atomic E-state index is 0.0114. The number of benzene rings is 2. The van der Waals surface area contributed by atoms with Crippen molar-refractivity contribution < 1.29 is 18.3 Å². The second kappa shape index (κ2) is 7.42. The monoisotopic (exact) mass is 440 g/mol. The molecule has 3 heterocycles. The third kappa shape index (κ3) is 3.34. The number of halogens is 2. The maximum absolute atomic E-state index is 14.5. The Labute approximate surface area is 180 Å². The van der Waals surface area contributed by atoms with Crippen LogP contribution in [0.15, 0.2) is 36.4 Å². The number of ether oxygens (including phenoxy) is 1. The quantitative estimate of drug-likeness (QED) is 0.488. The van der Waals surface area contributed by atoms with E-state index in [2.05, 4.69) is 15.4 Å². The molecule has 1 aliphatic heterocycles. The van der Waals surface area contributed by atoms with Crippen LogP contribution in [0.25, 0.3) is 15.3 Å². The van der Waals surface area contributed by atoms with Crippen molar-refractivity contribution in [1.29, 1.82) is 0 Å². The van der Waals surface area contributed by atoms with E-state index in [0.29, 0.717) is 28.8 Å².